The zero-order valence-electron chi connectivity index (χ0n) is 11.2. The Morgan fingerprint density at radius 2 is 1.65 bits per heavy atom. The Bertz CT molecular complexity index is 316. The lowest BCUT2D eigenvalue weighted by Gasteiger charge is -2.25. The van der Waals surface area contributed by atoms with Crippen LogP contribution in [0.5, 0.6) is 5.75 Å². The first-order chi connectivity index (χ1) is 7.48. The van der Waals surface area contributed by atoms with Crippen molar-refractivity contribution in [2.45, 2.75) is 59.0 Å². The molecule has 0 bridgehead atoms. The van der Waals surface area contributed by atoms with Gasteiger partial charge in [0.25, 0.3) is 0 Å². The highest BCUT2D eigenvalue weighted by Gasteiger charge is 2.16. The SMILES string of the molecule is CCC(C)c1ccc(OC(C)(C)CC)cc1.[BH4-]. The summed E-state index contributed by atoms with van der Waals surface area (Å²) in [6.07, 6.45) is 2.20. The summed E-state index contributed by atoms with van der Waals surface area (Å²) in [5, 5.41) is 0. The lowest BCUT2D eigenvalue weighted by atomic mass is 9.99. The summed E-state index contributed by atoms with van der Waals surface area (Å²) in [7, 11) is 0. The molecule has 0 fully saturated rings. The highest BCUT2D eigenvalue weighted by Crippen LogP contribution is 2.24. The van der Waals surface area contributed by atoms with Gasteiger partial charge in [0.2, 0.25) is 0 Å². The topological polar surface area (TPSA) is 9.23 Å². The maximum absolute atomic E-state index is 5.92. The van der Waals surface area contributed by atoms with Crippen LogP contribution < -0.4 is 4.74 Å². The fourth-order valence-electron chi connectivity index (χ4n) is 1.49. The van der Waals surface area contributed by atoms with Gasteiger partial charge in [0.05, 0.1) is 0 Å². The van der Waals surface area contributed by atoms with Gasteiger partial charge in [0, 0.05) is 0 Å². The number of hydrogen-bond donors (Lipinski definition) is 0. The number of benzene rings is 1. The minimum atomic E-state index is -0.0715. The van der Waals surface area contributed by atoms with Gasteiger partial charge < -0.3 is 4.74 Å². The predicted octanol–water partition coefficient (Wildman–Crippen LogP) is 3.32. The van der Waals surface area contributed by atoms with E-state index < -0.39 is 0 Å². The maximum Gasteiger partial charge on any atom is 0.120 e. The Kier molecular flexibility index (Phi) is 6.37. The van der Waals surface area contributed by atoms with Crippen LogP contribution >= 0.6 is 0 Å². The smallest absolute Gasteiger partial charge is 0.120 e. The van der Waals surface area contributed by atoms with Crippen LogP contribution in [0.2, 0.25) is 0 Å². The van der Waals surface area contributed by atoms with Gasteiger partial charge in [0.15, 0.2) is 0 Å². The third-order valence-corrected chi connectivity index (χ3v) is 3.31. The van der Waals surface area contributed by atoms with Crippen molar-refractivity contribution in [3.8, 4) is 5.75 Å². The van der Waals surface area contributed by atoms with Crippen LogP contribution in [0.4, 0.5) is 0 Å². The van der Waals surface area contributed by atoms with Gasteiger partial charge in [-0.25, -0.2) is 0 Å². The van der Waals surface area contributed by atoms with E-state index in [2.05, 4.69) is 58.9 Å². The molecule has 0 saturated carbocycles. The summed E-state index contributed by atoms with van der Waals surface area (Å²) in [5.74, 6) is 1.60. The van der Waals surface area contributed by atoms with Gasteiger partial charge in [-0.15, -0.1) is 0 Å². The van der Waals surface area contributed by atoms with Gasteiger partial charge in [0.1, 0.15) is 11.4 Å². The predicted molar refractivity (Wildman–Crippen MR) is 81.5 cm³/mol. The van der Waals surface area contributed by atoms with Crippen molar-refractivity contribution < 1.29 is 4.74 Å². The Hall–Kier alpha value is -0.915. The van der Waals surface area contributed by atoms with E-state index in [1.165, 1.54) is 12.0 Å². The van der Waals surface area contributed by atoms with E-state index in [-0.39, 0.29) is 14.0 Å². The van der Waals surface area contributed by atoms with Gasteiger partial charge in [-0.2, -0.15) is 0 Å². The van der Waals surface area contributed by atoms with Crippen LogP contribution in [0.3, 0.4) is 0 Å². The van der Waals surface area contributed by atoms with E-state index >= 15 is 0 Å². The molecular formula is C15H28BO-. The highest BCUT2D eigenvalue weighted by atomic mass is 16.5. The van der Waals surface area contributed by atoms with E-state index in [4.69, 9.17) is 4.74 Å². The van der Waals surface area contributed by atoms with Gasteiger partial charge in [-0.1, -0.05) is 41.3 Å². The first-order valence-electron chi connectivity index (χ1n) is 6.27. The second-order valence-electron chi connectivity index (χ2n) is 5.09. The molecular weight excluding hydrogens is 207 g/mol. The number of rotatable bonds is 5. The molecule has 17 heavy (non-hydrogen) atoms. The van der Waals surface area contributed by atoms with Gasteiger partial charge in [-0.3, -0.25) is 0 Å². The van der Waals surface area contributed by atoms with Crippen LogP contribution in [0.15, 0.2) is 24.3 Å². The summed E-state index contributed by atoms with van der Waals surface area (Å²) >= 11 is 0. The Morgan fingerprint density at radius 3 is 2.06 bits per heavy atom. The van der Waals surface area contributed by atoms with Crippen molar-refractivity contribution in [1.82, 2.24) is 0 Å². The molecule has 0 aliphatic carbocycles. The van der Waals surface area contributed by atoms with E-state index in [1.54, 1.807) is 0 Å². The molecule has 98 valence electrons. The van der Waals surface area contributed by atoms with Crippen molar-refractivity contribution in [2.24, 2.45) is 0 Å². The van der Waals surface area contributed by atoms with E-state index in [0.29, 0.717) is 5.92 Å². The zero-order chi connectivity index (χ0) is 12.2. The Balaban J connectivity index is 0.00000256. The number of ether oxygens (including phenoxy) is 1. The third kappa shape index (κ3) is 4.85. The highest BCUT2D eigenvalue weighted by molar-refractivity contribution is 5.75. The molecule has 0 saturated heterocycles. The maximum atomic E-state index is 5.92. The molecule has 1 rings (SSSR count). The second kappa shape index (κ2) is 6.73. The Morgan fingerprint density at radius 1 is 1.12 bits per heavy atom. The average Bonchev–Trinajstić information content (AvgIpc) is 2.28. The largest absolute Gasteiger partial charge is 0.488 e. The van der Waals surface area contributed by atoms with Crippen LogP contribution in [-0.2, 0) is 0 Å². The van der Waals surface area contributed by atoms with Crippen molar-refractivity contribution in [3.63, 3.8) is 0 Å². The van der Waals surface area contributed by atoms with Crippen molar-refractivity contribution >= 4 is 8.41 Å². The van der Waals surface area contributed by atoms with Crippen LogP contribution in [0.25, 0.3) is 0 Å². The van der Waals surface area contributed by atoms with Crippen molar-refractivity contribution in [3.05, 3.63) is 29.8 Å². The monoisotopic (exact) mass is 235 g/mol. The lowest BCUT2D eigenvalue weighted by Crippen LogP contribution is -2.26. The molecule has 1 atom stereocenters. The fraction of sp³-hybridized carbons (Fsp3) is 0.600. The molecule has 2 heteroatoms. The molecule has 0 spiro atoms. The molecule has 0 N–H and O–H groups in total. The first-order valence-corrected chi connectivity index (χ1v) is 6.27. The van der Waals surface area contributed by atoms with Crippen LogP contribution in [-0.4, -0.2) is 14.0 Å². The average molecular weight is 235 g/mol. The summed E-state index contributed by atoms with van der Waals surface area (Å²) in [4.78, 5) is 0. The van der Waals surface area contributed by atoms with Gasteiger partial charge >= 0.3 is 0 Å². The minimum absolute atomic E-state index is 0. The summed E-state index contributed by atoms with van der Waals surface area (Å²) < 4.78 is 5.92. The van der Waals surface area contributed by atoms with E-state index in [0.717, 1.165) is 12.2 Å². The fourth-order valence-corrected chi connectivity index (χ4v) is 1.49. The summed E-state index contributed by atoms with van der Waals surface area (Å²) in [5.41, 5.74) is 1.32. The molecule has 1 aromatic carbocycles. The van der Waals surface area contributed by atoms with Crippen LogP contribution in [0.1, 0.15) is 58.9 Å². The molecule has 0 amide bonds. The summed E-state index contributed by atoms with van der Waals surface area (Å²) in [6.45, 7) is 10.9. The molecule has 0 aromatic heterocycles. The first kappa shape index (κ1) is 16.1. The van der Waals surface area contributed by atoms with Crippen molar-refractivity contribution in [2.75, 3.05) is 0 Å². The molecule has 0 aliphatic heterocycles. The summed E-state index contributed by atoms with van der Waals surface area (Å²) in [6, 6.07) is 8.52. The molecule has 0 heterocycles. The normalized spacial score (nSPS) is 12.8. The molecule has 0 aliphatic rings. The molecule has 1 unspecified atom stereocenters. The molecule has 1 nitrogen and oxygen atoms in total. The minimum Gasteiger partial charge on any atom is -0.488 e. The lowest BCUT2D eigenvalue weighted by molar-refractivity contribution is 0.105. The quantitative estimate of drug-likeness (QED) is 0.711. The standard InChI is InChI=1S/C15H24O.BH4/c1-6-12(3)13-8-10-14(11-9-13)16-15(4,5)7-2;/h8-12H,6-7H2,1-5H3;1H4/q;-1. The zero-order valence-corrected chi connectivity index (χ0v) is 11.2. The van der Waals surface area contributed by atoms with Gasteiger partial charge in [-0.05, 0) is 50.3 Å². The Labute approximate surface area is 108 Å². The van der Waals surface area contributed by atoms with Crippen molar-refractivity contribution in [1.29, 1.82) is 0 Å². The van der Waals surface area contributed by atoms with E-state index in [9.17, 15) is 0 Å². The second-order valence-corrected chi connectivity index (χ2v) is 5.09. The van der Waals surface area contributed by atoms with Crippen LogP contribution in [0, 0.1) is 0 Å². The molecule has 0 radical (unpaired) electrons. The third-order valence-electron chi connectivity index (χ3n) is 3.31. The van der Waals surface area contributed by atoms with E-state index in [1.807, 2.05) is 0 Å². The molecule has 1 aromatic rings. The number of hydrogen-bond acceptors (Lipinski definition) is 1.